The van der Waals surface area contributed by atoms with Crippen LogP contribution in [0.25, 0.3) is 6.08 Å². The zero-order chi connectivity index (χ0) is 14.0. The highest BCUT2D eigenvalue weighted by Crippen LogP contribution is 2.29. The molecule has 0 N–H and O–H groups in total. The molecule has 0 spiro atoms. The molecule has 0 bridgehead atoms. The number of nitrogens with zero attached hydrogens (tertiary/aromatic N) is 1. The maximum atomic E-state index is 12.5. The van der Waals surface area contributed by atoms with Gasteiger partial charge in [-0.15, -0.1) is 0 Å². The van der Waals surface area contributed by atoms with Gasteiger partial charge in [-0.3, -0.25) is 9.79 Å². The predicted molar refractivity (Wildman–Crippen MR) is 83.8 cm³/mol. The van der Waals surface area contributed by atoms with Crippen LogP contribution >= 0.6 is 15.9 Å². The summed E-state index contributed by atoms with van der Waals surface area (Å²) in [5, 5.41) is 0. The number of halogens is 1. The van der Waals surface area contributed by atoms with Gasteiger partial charge in [0.2, 0.25) is 5.78 Å². The Labute approximate surface area is 121 Å². The average Bonchev–Trinajstić information content (AvgIpc) is 2.45. The molecule has 0 fully saturated rings. The standard InChI is InChI=1S/C16H14BrNO/c1-4-7-18-15-11(3)14(17)9-12-8-10(2)5-6-13(12)16(15)19/h4-9H,3H2,1-2H3/b7-4-,18-15?. The van der Waals surface area contributed by atoms with E-state index in [-0.39, 0.29) is 5.78 Å². The van der Waals surface area contributed by atoms with Crippen molar-refractivity contribution in [3.63, 3.8) is 0 Å². The maximum absolute atomic E-state index is 12.5. The van der Waals surface area contributed by atoms with Crippen molar-refractivity contribution in [2.75, 3.05) is 0 Å². The van der Waals surface area contributed by atoms with E-state index in [1.165, 1.54) is 0 Å². The molecule has 0 heterocycles. The molecule has 96 valence electrons. The lowest BCUT2D eigenvalue weighted by Crippen LogP contribution is -2.15. The molecule has 0 aliphatic heterocycles. The molecule has 19 heavy (non-hydrogen) atoms. The van der Waals surface area contributed by atoms with Gasteiger partial charge in [-0.1, -0.05) is 52.3 Å². The van der Waals surface area contributed by atoms with Crippen molar-refractivity contribution >= 4 is 33.5 Å². The molecular formula is C16H14BrNO. The maximum Gasteiger partial charge on any atom is 0.212 e. The molecule has 0 atom stereocenters. The fraction of sp³-hybridized carbons (Fsp3) is 0.125. The number of aliphatic imine (C=N–C) groups is 1. The van der Waals surface area contributed by atoms with Gasteiger partial charge in [-0.25, -0.2) is 0 Å². The minimum atomic E-state index is -0.0937. The lowest BCUT2D eigenvalue weighted by atomic mass is 9.99. The predicted octanol–water partition coefficient (Wildman–Crippen LogP) is 4.46. The Balaban J connectivity index is 2.67. The molecule has 0 radical (unpaired) electrons. The zero-order valence-corrected chi connectivity index (χ0v) is 12.5. The second-order valence-corrected chi connectivity index (χ2v) is 5.21. The van der Waals surface area contributed by atoms with Crippen LogP contribution in [0.4, 0.5) is 0 Å². The van der Waals surface area contributed by atoms with E-state index in [1.807, 2.05) is 38.1 Å². The van der Waals surface area contributed by atoms with Crippen molar-refractivity contribution in [3.8, 4) is 0 Å². The van der Waals surface area contributed by atoms with Crippen molar-refractivity contribution in [2.24, 2.45) is 4.99 Å². The summed E-state index contributed by atoms with van der Waals surface area (Å²) >= 11 is 3.46. The van der Waals surface area contributed by atoms with E-state index in [9.17, 15) is 4.79 Å². The molecule has 2 rings (SSSR count). The first kappa shape index (κ1) is 13.7. The third-order valence-corrected chi connectivity index (χ3v) is 3.58. The van der Waals surface area contributed by atoms with Gasteiger partial charge in [0.1, 0.15) is 5.71 Å². The van der Waals surface area contributed by atoms with Crippen LogP contribution in [-0.2, 0) is 0 Å². The van der Waals surface area contributed by atoms with Gasteiger partial charge in [0, 0.05) is 21.8 Å². The van der Waals surface area contributed by atoms with E-state index >= 15 is 0 Å². The monoisotopic (exact) mass is 315 g/mol. The van der Waals surface area contributed by atoms with Crippen molar-refractivity contribution in [1.82, 2.24) is 0 Å². The number of carbonyl (C=O) groups is 1. The van der Waals surface area contributed by atoms with E-state index < -0.39 is 0 Å². The molecule has 1 aliphatic rings. The fourth-order valence-electron chi connectivity index (χ4n) is 1.90. The van der Waals surface area contributed by atoms with E-state index in [0.717, 1.165) is 15.6 Å². The summed E-state index contributed by atoms with van der Waals surface area (Å²) in [5.41, 5.74) is 3.65. The van der Waals surface area contributed by atoms with E-state index in [1.54, 1.807) is 12.3 Å². The van der Waals surface area contributed by atoms with Crippen molar-refractivity contribution in [2.45, 2.75) is 13.8 Å². The summed E-state index contributed by atoms with van der Waals surface area (Å²) in [5.74, 6) is -0.0937. The van der Waals surface area contributed by atoms with Crippen molar-refractivity contribution < 1.29 is 4.79 Å². The number of aryl methyl sites for hydroxylation is 1. The number of benzene rings is 1. The third kappa shape index (κ3) is 2.66. The van der Waals surface area contributed by atoms with Gasteiger partial charge >= 0.3 is 0 Å². The third-order valence-electron chi connectivity index (χ3n) is 2.88. The summed E-state index contributed by atoms with van der Waals surface area (Å²) in [6.45, 7) is 7.80. The summed E-state index contributed by atoms with van der Waals surface area (Å²) < 4.78 is 0.786. The van der Waals surface area contributed by atoms with Crippen molar-refractivity contribution in [3.05, 3.63) is 63.8 Å². The highest BCUT2D eigenvalue weighted by molar-refractivity contribution is 9.12. The fourth-order valence-corrected chi connectivity index (χ4v) is 2.33. The van der Waals surface area contributed by atoms with Crippen LogP contribution in [0.3, 0.4) is 0 Å². The van der Waals surface area contributed by atoms with Crippen LogP contribution in [0.1, 0.15) is 28.4 Å². The van der Waals surface area contributed by atoms with Gasteiger partial charge in [-0.2, -0.15) is 0 Å². The summed E-state index contributed by atoms with van der Waals surface area (Å²) in [7, 11) is 0. The van der Waals surface area contributed by atoms with Gasteiger partial charge in [0.15, 0.2) is 0 Å². The molecule has 0 saturated carbocycles. The molecule has 0 amide bonds. The number of carbonyl (C=O) groups excluding carboxylic acids is 1. The number of ketones is 1. The Morgan fingerprint density at radius 3 is 2.79 bits per heavy atom. The molecule has 1 aromatic carbocycles. The largest absolute Gasteiger partial charge is 0.287 e. The number of fused-ring (bicyclic) bond motifs is 1. The molecule has 0 aromatic heterocycles. The normalized spacial score (nSPS) is 17.6. The number of hydrogen-bond acceptors (Lipinski definition) is 2. The van der Waals surface area contributed by atoms with Crippen LogP contribution in [-0.4, -0.2) is 11.5 Å². The van der Waals surface area contributed by atoms with E-state index in [0.29, 0.717) is 16.8 Å². The first-order chi connectivity index (χ1) is 9.04. The summed E-state index contributed by atoms with van der Waals surface area (Å²) in [6.07, 6.45) is 5.31. The van der Waals surface area contributed by atoms with Gasteiger partial charge < -0.3 is 0 Å². The zero-order valence-electron chi connectivity index (χ0n) is 10.9. The van der Waals surface area contributed by atoms with Crippen LogP contribution in [0, 0.1) is 6.92 Å². The number of Topliss-reactive ketones (excluding diaryl/α,β-unsaturated/α-hetero) is 1. The molecule has 3 heteroatoms. The van der Waals surface area contributed by atoms with Crippen molar-refractivity contribution in [1.29, 1.82) is 0 Å². The Hall–Kier alpha value is -1.74. The molecule has 1 aliphatic carbocycles. The molecule has 2 nitrogen and oxygen atoms in total. The Morgan fingerprint density at radius 1 is 1.37 bits per heavy atom. The Morgan fingerprint density at radius 2 is 2.11 bits per heavy atom. The lowest BCUT2D eigenvalue weighted by molar-refractivity contribution is 0.106. The molecular weight excluding hydrogens is 302 g/mol. The highest BCUT2D eigenvalue weighted by Gasteiger charge is 2.24. The number of hydrogen-bond donors (Lipinski definition) is 0. The highest BCUT2D eigenvalue weighted by atomic mass is 79.9. The van der Waals surface area contributed by atoms with Crippen LogP contribution in [0.2, 0.25) is 0 Å². The lowest BCUT2D eigenvalue weighted by Gasteiger charge is -2.05. The molecule has 0 saturated heterocycles. The first-order valence-corrected chi connectivity index (χ1v) is 6.75. The smallest absolute Gasteiger partial charge is 0.212 e. The van der Waals surface area contributed by atoms with Gasteiger partial charge in [0.05, 0.1) is 0 Å². The van der Waals surface area contributed by atoms with E-state index in [2.05, 4.69) is 27.5 Å². The van der Waals surface area contributed by atoms with Crippen LogP contribution in [0.15, 0.2) is 52.1 Å². The number of rotatable bonds is 1. The molecule has 1 aromatic rings. The van der Waals surface area contributed by atoms with E-state index in [4.69, 9.17) is 0 Å². The van der Waals surface area contributed by atoms with Crippen LogP contribution in [0.5, 0.6) is 0 Å². The van der Waals surface area contributed by atoms with Gasteiger partial charge in [0.25, 0.3) is 0 Å². The SMILES string of the molecule is C=C1C(Br)=Cc2cc(C)ccc2C(=O)C1=N/C=C\C. The summed E-state index contributed by atoms with van der Waals surface area (Å²) in [6, 6.07) is 5.76. The number of allylic oxidation sites excluding steroid dienone is 3. The second kappa shape index (κ2) is 5.49. The molecule has 0 unspecified atom stereocenters. The topological polar surface area (TPSA) is 29.4 Å². The first-order valence-electron chi connectivity index (χ1n) is 5.95. The average molecular weight is 316 g/mol. The Bertz CT molecular complexity index is 651. The van der Waals surface area contributed by atoms with Gasteiger partial charge in [-0.05, 0) is 25.5 Å². The summed E-state index contributed by atoms with van der Waals surface area (Å²) in [4.78, 5) is 16.7. The quantitative estimate of drug-likeness (QED) is 0.752. The minimum Gasteiger partial charge on any atom is -0.287 e. The van der Waals surface area contributed by atoms with Crippen LogP contribution < -0.4 is 0 Å². The Kier molecular flexibility index (Phi) is 3.96. The minimum absolute atomic E-state index is 0.0937. The second-order valence-electron chi connectivity index (χ2n) is 4.35.